The third-order valence-corrected chi connectivity index (χ3v) is 5.47. The highest BCUT2D eigenvalue weighted by molar-refractivity contribution is 5.79. The first-order valence-electron chi connectivity index (χ1n) is 8.95. The van der Waals surface area contributed by atoms with Crippen LogP contribution in [0.15, 0.2) is 29.0 Å². The van der Waals surface area contributed by atoms with Gasteiger partial charge >= 0.3 is 0 Å². The highest BCUT2D eigenvalue weighted by atomic mass is 16.5. The highest BCUT2D eigenvalue weighted by Gasteiger charge is 2.37. The molecule has 4 rings (SSSR count). The predicted octanol–water partition coefficient (Wildman–Crippen LogP) is 3.27. The van der Waals surface area contributed by atoms with Crippen LogP contribution in [0.2, 0.25) is 0 Å². The first-order valence-corrected chi connectivity index (χ1v) is 8.95. The van der Waals surface area contributed by atoms with Crippen molar-refractivity contribution in [1.29, 1.82) is 0 Å². The summed E-state index contributed by atoms with van der Waals surface area (Å²) in [6.45, 7) is 2.61. The van der Waals surface area contributed by atoms with Crippen LogP contribution in [0, 0.1) is 12.8 Å². The Labute approximate surface area is 141 Å². The van der Waals surface area contributed by atoms with Crippen LogP contribution in [-0.4, -0.2) is 32.1 Å². The number of amides is 1. The van der Waals surface area contributed by atoms with E-state index in [-0.39, 0.29) is 17.9 Å². The van der Waals surface area contributed by atoms with Gasteiger partial charge in [-0.05, 0) is 50.7 Å². The molecule has 0 N–H and O–H groups in total. The second-order valence-corrected chi connectivity index (χ2v) is 7.00. The number of rotatable bonds is 3. The number of hydrogen-bond donors (Lipinski definition) is 0. The van der Waals surface area contributed by atoms with E-state index in [1.165, 1.54) is 0 Å². The van der Waals surface area contributed by atoms with E-state index in [1.807, 2.05) is 4.90 Å². The minimum absolute atomic E-state index is 0.00266. The fourth-order valence-electron chi connectivity index (χ4n) is 4.20. The van der Waals surface area contributed by atoms with Crippen molar-refractivity contribution in [2.75, 3.05) is 6.54 Å². The van der Waals surface area contributed by atoms with Gasteiger partial charge in [0.05, 0.1) is 6.04 Å². The van der Waals surface area contributed by atoms with Crippen LogP contribution in [0.5, 0.6) is 0 Å². The normalized spacial score (nSPS) is 27.5. The fourth-order valence-corrected chi connectivity index (χ4v) is 4.20. The molecule has 1 saturated carbocycles. The number of carbonyl (C=O) groups is 1. The molecule has 128 valence electrons. The van der Waals surface area contributed by atoms with Crippen LogP contribution in [-0.2, 0) is 4.79 Å². The van der Waals surface area contributed by atoms with Crippen LogP contribution >= 0.6 is 0 Å². The monoisotopic (exact) mass is 328 g/mol. The molecule has 0 bridgehead atoms. The van der Waals surface area contributed by atoms with Crippen LogP contribution in [0.25, 0.3) is 0 Å². The molecule has 0 unspecified atom stereocenters. The fraction of sp³-hybridized carbons (Fsp3) is 0.611. The lowest BCUT2D eigenvalue weighted by Crippen LogP contribution is -2.37. The quantitative estimate of drug-likeness (QED) is 0.867. The summed E-state index contributed by atoms with van der Waals surface area (Å²) < 4.78 is 7.38. The SMILES string of the molecule is Cc1nc([C@H]2CCCN2C(=O)C2CCC(n3cccc3)CC2)no1. The smallest absolute Gasteiger partial charge is 0.226 e. The summed E-state index contributed by atoms with van der Waals surface area (Å²) in [5.41, 5.74) is 0. The molecule has 2 aliphatic rings. The Morgan fingerprint density at radius 1 is 1.17 bits per heavy atom. The number of hydrogen-bond acceptors (Lipinski definition) is 4. The molecule has 24 heavy (non-hydrogen) atoms. The zero-order valence-electron chi connectivity index (χ0n) is 14.1. The molecule has 1 amide bonds. The van der Waals surface area contributed by atoms with Crippen molar-refractivity contribution in [3.63, 3.8) is 0 Å². The predicted molar refractivity (Wildman–Crippen MR) is 88.2 cm³/mol. The summed E-state index contributed by atoms with van der Waals surface area (Å²) in [6, 6.07) is 4.67. The van der Waals surface area contributed by atoms with Gasteiger partial charge in [0.25, 0.3) is 0 Å². The number of aryl methyl sites for hydroxylation is 1. The van der Waals surface area contributed by atoms with Gasteiger partial charge in [-0.15, -0.1) is 0 Å². The molecule has 1 saturated heterocycles. The minimum Gasteiger partial charge on any atom is -0.351 e. The number of aromatic nitrogens is 3. The second kappa shape index (κ2) is 6.42. The van der Waals surface area contributed by atoms with E-state index in [9.17, 15) is 4.79 Å². The molecule has 0 radical (unpaired) electrons. The molecule has 2 aromatic rings. The summed E-state index contributed by atoms with van der Waals surface area (Å²) >= 11 is 0. The average Bonchev–Trinajstić information content (AvgIpc) is 3.35. The van der Waals surface area contributed by atoms with Crippen molar-refractivity contribution < 1.29 is 9.32 Å². The van der Waals surface area contributed by atoms with Crippen molar-refractivity contribution in [3.8, 4) is 0 Å². The van der Waals surface area contributed by atoms with E-state index in [0.717, 1.165) is 45.1 Å². The topological polar surface area (TPSA) is 64.2 Å². The Bertz CT molecular complexity index is 686. The molecule has 2 aromatic heterocycles. The van der Waals surface area contributed by atoms with E-state index < -0.39 is 0 Å². The van der Waals surface area contributed by atoms with Gasteiger partial charge in [-0.25, -0.2) is 0 Å². The summed E-state index contributed by atoms with van der Waals surface area (Å²) in [6.07, 6.45) is 10.3. The van der Waals surface area contributed by atoms with Gasteiger partial charge < -0.3 is 14.0 Å². The van der Waals surface area contributed by atoms with E-state index >= 15 is 0 Å². The van der Waals surface area contributed by atoms with Crippen LogP contribution in [0.1, 0.15) is 62.3 Å². The zero-order valence-corrected chi connectivity index (χ0v) is 14.1. The summed E-state index contributed by atoms with van der Waals surface area (Å²) in [5.74, 6) is 1.66. The Hall–Kier alpha value is -2.11. The molecular formula is C18H24N4O2. The Morgan fingerprint density at radius 3 is 2.58 bits per heavy atom. The maximum atomic E-state index is 13.0. The lowest BCUT2D eigenvalue weighted by Gasteiger charge is -2.32. The number of carbonyl (C=O) groups excluding carboxylic acids is 1. The van der Waals surface area contributed by atoms with Crippen molar-refractivity contribution in [2.24, 2.45) is 5.92 Å². The summed E-state index contributed by atoms with van der Waals surface area (Å²) in [7, 11) is 0. The molecule has 6 heteroatoms. The lowest BCUT2D eigenvalue weighted by atomic mass is 9.85. The van der Waals surface area contributed by atoms with Gasteiger partial charge in [0.2, 0.25) is 11.8 Å². The van der Waals surface area contributed by atoms with Crippen LogP contribution in [0.3, 0.4) is 0 Å². The molecule has 1 aliphatic heterocycles. The molecular weight excluding hydrogens is 304 g/mol. The Balaban J connectivity index is 1.40. The molecule has 0 spiro atoms. The maximum Gasteiger partial charge on any atom is 0.226 e. The van der Waals surface area contributed by atoms with Gasteiger partial charge in [0.1, 0.15) is 0 Å². The van der Waals surface area contributed by atoms with Crippen molar-refractivity contribution in [3.05, 3.63) is 36.2 Å². The second-order valence-electron chi connectivity index (χ2n) is 7.00. The van der Waals surface area contributed by atoms with Gasteiger partial charge in [0.15, 0.2) is 5.82 Å². The van der Waals surface area contributed by atoms with Crippen molar-refractivity contribution >= 4 is 5.91 Å². The molecule has 0 aromatic carbocycles. The third-order valence-electron chi connectivity index (χ3n) is 5.47. The van der Waals surface area contributed by atoms with Crippen molar-refractivity contribution in [2.45, 2.75) is 57.5 Å². The lowest BCUT2D eigenvalue weighted by molar-refractivity contribution is -0.138. The van der Waals surface area contributed by atoms with Crippen LogP contribution in [0.4, 0.5) is 0 Å². The Morgan fingerprint density at radius 2 is 1.92 bits per heavy atom. The average molecular weight is 328 g/mol. The van der Waals surface area contributed by atoms with Gasteiger partial charge in [-0.1, -0.05) is 5.16 Å². The van der Waals surface area contributed by atoms with Crippen LogP contribution < -0.4 is 0 Å². The minimum atomic E-state index is -0.00266. The van der Waals surface area contributed by atoms with E-state index in [4.69, 9.17) is 4.52 Å². The number of likely N-dealkylation sites (tertiary alicyclic amines) is 1. The third kappa shape index (κ3) is 2.85. The first-order chi connectivity index (χ1) is 11.7. The molecule has 3 heterocycles. The van der Waals surface area contributed by atoms with E-state index in [0.29, 0.717) is 17.8 Å². The highest BCUT2D eigenvalue weighted by Crippen LogP contribution is 2.37. The van der Waals surface area contributed by atoms with E-state index in [1.54, 1.807) is 6.92 Å². The molecule has 1 atom stereocenters. The first kappa shape index (κ1) is 15.4. The zero-order chi connectivity index (χ0) is 16.5. The van der Waals surface area contributed by atoms with Gasteiger partial charge in [-0.2, -0.15) is 4.98 Å². The molecule has 2 fully saturated rings. The summed E-state index contributed by atoms with van der Waals surface area (Å²) in [4.78, 5) is 19.3. The molecule has 6 nitrogen and oxygen atoms in total. The standard InChI is InChI=1S/C18H24N4O2/c1-13-19-17(20-24-13)16-5-4-12-22(16)18(23)14-6-8-15(9-7-14)21-10-2-3-11-21/h2-3,10-11,14-16H,4-9,12H2,1H3/t14?,15?,16-/m1/s1. The van der Waals surface area contributed by atoms with Gasteiger partial charge in [0, 0.05) is 37.8 Å². The van der Waals surface area contributed by atoms with E-state index in [2.05, 4.69) is 39.2 Å². The van der Waals surface area contributed by atoms with Gasteiger partial charge in [-0.3, -0.25) is 4.79 Å². The van der Waals surface area contributed by atoms with Crippen molar-refractivity contribution in [1.82, 2.24) is 19.6 Å². The Kier molecular flexibility index (Phi) is 4.12. The maximum absolute atomic E-state index is 13.0. The largest absolute Gasteiger partial charge is 0.351 e. The molecule has 1 aliphatic carbocycles. The number of nitrogens with zero attached hydrogens (tertiary/aromatic N) is 4. The summed E-state index contributed by atoms with van der Waals surface area (Å²) in [5, 5.41) is 4.04.